The van der Waals surface area contributed by atoms with Crippen molar-refractivity contribution in [3.8, 4) is 22.3 Å². The van der Waals surface area contributed by atoms with Gasteiger partial charge in [-0.25, -0.2) is 0 Å². The smallest absolute Gasteiger partial charge is 0.143 e. The summed E-state index contributed by atoms with van der Waals surface area (Å²) in [4.78, 5) is 0. The van der Waals surface area contributed by atoms with Crippen LogP contribution in [0.5, 0.6) is 0 Å². The lowest BCUT2D eigenvalue weighted by molar-refractivity contribution is 0.672. The molecular formula is C33H23NO. The van der Waals surface area contributed by atoms with E-state index in [4.69, 9.17) is 10.2 Å². The monoisotopic (exact) mass is 449 g/mol. The van der Waals surface area contributed by atoms with Crippen molar-refractivity contribution < 1.29 is 4.42 Å². The number of rotatable bonds is 3. The minimum atomic E-state index is 0.511. The molecule has 2 nitrogen and oxygen atoms in total. The van der Waals surface area contributed by atoms with Gasteiger partial charge in [0.15, 0.2) is 0 Å². The predicted octanol–water partition coefficient (Wildman–Crippen LogP) is 8.69. The molecule has 0 aliphatic rings. The second-order valence-corrected chi connectivity index (χ2v) is 9.08. The summed E-state index contributed by atoms with van der Waals surface area (Å²) in [6.07, 6.45) is 0. The van der Waals surface area contributed by atoms with Gasteiger partial charge < -0.3 is 10.2 Å². The summed E-state index contributed by atoms with van der Waals surface area (Å²) in [5.74, 6) is 0. The van der Waals surface area contributed by atoms with Crippen LogP contribution in [0.4, 0.5) is 0 Å². The highest BCUT2D eigenvalue weighted by molar-refractivity contribution is 6.19. The zero-order valence-electron chi connectivity index (χ0n) is 19.2. The lowest BCUT2D eigenvalue weighted by Crippen LogP contribution is -1.99. The van der Waals surface area contributed by atoms with Crippen molar-refractivity contribution in [1.82, 2.24) is 0 Å². The molecule has 0 aliphatic heterocycles. The molecule has 0 saturated carbocycles. The minimum Gasteiger partial charge on any atom is -0.455 e. The summed E-state index contributed by atoms with van der Waals surface area (Å²) >= 11 is 0. The van der Waals surface area contributed by atoms with Crippen molar-refractivity contribution in [3.63, 3.8) is 0 Å². The Balaban J connectivity index is 1.42. The van der Waals surface area contributed by atoms with E-state index >= 15 is 0 Å². The van der Waals surface area contributed by atoms with Crippen molar-refractivity contribution in [2.45, 2.75) is 6.54 Å². The molecular weight excluding hydrogens is 426 g/mol. The molecule has 7 rings (SSSR count). The topological polar surface area (TPSA) is 39.2 Å². The Labute approximate surface area is 203 Å². The van der Waals surface area contributed by atoms with Gasteiger partial charge in [-0.2, -0.15) is 0 Å². The van der Waals surface area contributed by atoms with Crippen LogP contribution < -0.4 is 5.73 Å². The van der Waals surface area contributed by atoms with Crippen LogP contribution in [0.15, 0.2) is 120 Å². The number of hydrogen-bond donors (Lipinski definition) is 1. The summed E-state index contributed by atoms with van der Waals surface area (Å²) in [6, 6.07) is 40.8. The van der Waals surface area contributed by atoms with Crippen molar-refractivity contribution in [3.05, 3.63) is 121 Å². The van der Waals surface area contributed by atoms with Crippen LogP contribution in [0, 0.1) is 0 Å². The quantitative estimate of drug-likeness (QED) is 0.293. The Morgan fingerprint density at radius 2 is 1.11 bits per heavy atom. The van der Waals surface area contributed by atoms with E-state index in [2.05, 4.69) is 103 Å². The molecule has 0 radical (unpaired) electrons. The lowest BCUT2D eigenvalue weighted by atomic mass is 9.92. The van der Waals surface area contributed by atoms with Crippen molar-refractivity contribution in [1.29, 1.82) is 0 Å². The first-order chi connectivity index (χ1) is 17.3. The maximum atomic E-state index is 6.28. The average Bonchev–Trinajstić information content (AvgIpc) is 3.31. The summed E-state index contributed by atoms with van der Waals surface area (Å²) in [5.41, 5.74) is 13.9. The summed E-state index contributed by atoms with van der Waals surface area (Å²) < 4.78 is 6.28. The van der Waals surface area contributed by atoms with Crippen LogP contribution in [0.25, 0.3) is 65.7 Å². The molecule has 2 heteroatoms. The van der Waals surface area contributed by atoms with E-state index in [9.17, 15) is 0 Å². The van der Waals surface area contributed by atoms with E-state index in [0.717, 1.165) is 32.9 Å². The SMILES string of the molecule is NCc1cc2ccccc2cc1-c1ccc(-c2cc3c4ccccc4oc3c3ccccc23)cc1. The average molecular weight is 450 g/mol. The first-order valence-electron chi connectivity index (χ1n) is 12.0. The molecule has 2 N–H and O–H groups in total. The highest BCUT2D eigenvalue weighted by Gasteiger charge is 2.15. The van der Waals surface area contributed by atoms with Crippen molar-refractivity contribution >= 4 is 43.5 Å². The van der Waals surface area contributed by atoms with Gasteiger partial charge >= 0.3 is 0 Å². The van der Waals surface area contributed by atoms with E-state index in [1.165, 1.54) is 38.4 Å². The molecule has 7 aromatic rings. The first-order valence-corrected chi connectivity index (χ1v) is 12.0. The molecule has 1 heterocycles. The number of para-hydroxylation sites is 1. The van der Waals surface area contributed by atoms with Crippen molar-refractivity contribution in [2.75, 3.05) is 0 Å². The van der Waals surface area contributed by atoms with Gasteiger partial charge in [0.2, 0.25) is 0 Å². The molecule has 1 aromatic heterocycles. The van der Waals surface area contributed by atoms with Crippen LogP contribution >= 0.6 is 0 Å². The maximum Gasteiger partial charge on any atom is 0.143 e. The van der Waals surface area contributed by atoms with E-state index in [-0.39, 0.29) is 0 Å². The number of hydrogen-bond acceptors (Lipinski definition) is 2. The van der Waals surface area contributed by atoms with Crippen LogP contribution in [0.1, 0.15) is 5.56 Å². The van der Waals surface area contributed by atoms with Gasteiger partial charge in [-0.15, -0.1) is 0 Å². The van der Waals surface area contributed by atoms with Gasteiger partial charge in [0.25, 0.3) is 0 Å². The first kappa shape index (κ1) is 20.0. The van der Waals surface area contributed by atoms with Gasteiger partial charge in [0.05, 0.1) is 0 Å². The fourth-order valence-corrected chi connectivity index (χ4v) is 5.34. The lowest BCUT2D eigenvalue weighted by Gasteiger charge is -2.13. The zero-order valence-corrected chi connectivity index (χ0v) is 19.2. The number of benzene rings is 6. The highest BCUT2D eigenvalue weighted by Crippen LogP contribution is 2.40. The third-order valence-corrected chi connectivity index (χ3v) is 7.08. The Hall–Kier alpha value is -4.40. The van der Waals surface area contributed by atoms with Crippen LogP contribution in [0.2, 0.25) is 0 Å². The number of fused-ring (bicyclic) bond motifs is 6. The fraction of sp³-hybridized carbons (Fsp3) is 0.0303. The standard InChI is InChI=1S/C33H23NO/c34-20-25-17-23-7-1-2-8-24(23)18-29(25)21-13-15-22(16-14-21)30-19-31-27-10-5-6-12-32(27)35-33(31)28-11-4-3-9-26(28)30/h1-19H,20,34H2. The molecule has 0 spiro atoms. The van der Waals surface area contributed by atoms with Gasteiger partial charge in [-0.05, 0) is 68.2 Å². The third kappa shape index (κ3) is 3.15. The molecule has 6 aromatic carbocycles. The Bertz CT molecular complexity index is 1880. The Morgan fingerprint density at radius 1 is 0.514 bits per heavy atom. The van der Waals surface area contributed by atoms with Gasteiger partial charge in [0.1, 0.15) is 11.2 Å². The van der Waals surface area contributed by atoms with E-state index < -0.39 is 0 Å². The molecule has 0 saturated heterocycles. The highest BCUT2D eigenvalue weighted by atomic mass is 16.3. The molecule has 0 unspecified atom stereocenters. The maximum absolute atomic E-state index is 6.28. The molecule has 166 valence electrons. The second kappa shape index (κ2) is 7.83. The molecule has 35 heavy (non-hydrogen) atoms. The van der Waals surface area contributed by atoms with Gasteiger partial charge in [-0.3, -0.25) is 0 Å². The minimum absolute atomic E-state index is 0.511. The predicted molar refractivity (Wildman–Crippen MR) is 147 cm³/mol. The number of furan rings is 1. The molecule has 0 bridgehead atoms. The van der Waals surface area contributed by atoms with Crippen LogP contribution in [0.3, 0.4) is 0 Å². The van der Waals surface area contributed by atoms with Crippen molar-refractivity contribution in [2.24, 2.45) is 5.73 Å². The third-order valence-electron chi connectivity index (χ3n) is 7.08. The summed E-state index contributed by atoms with van der Waals surface area (Å²) in [7, 11) is 0. The largest absolute Gasteiger partial charge is 0.455 e. The van der Waals surface area contributed by atoms with E-state index in [1.807, 2.05) is 12.1 Å². The van der Waals surface area contributed by atoms with Gasteiger partial charge in [0, 0.05) is 22.7 Å². The van der Waals surface area contributed by atoms with Crippen LogP contribution in [-0.4, -0.2) is 0 Å². The number of nitrogens with two attached hydrogens (primary N) is 1. The Morgan fingerprint density at radius 3 is 1.86 bits per heavy atom. The summed E-state index contributed by atoms with van der Waals surface area (Å²) in [6.45, 7) is 0.511. The van der Waals surface area contributed by atoms with E-state index in [0.29, 0.717) is 6.54 Å². The van der Waals surface area contributed by atoms with Gasteiger partial charge in [-0.1, -0.05) is 91.0 Å². The molecule has 0 fully saturated rings. The Kier molecular flexibility index (Phi) is 4.48. The second-order valence-electron chi connectivity index (χ2n) is 9.08. The fourth-order valence-electron chi connectivity index (χ4n) is 5.34. The molecule has 0 aliphatic carbocycles. The molecule has 0 atom stereocenters. The van der Waals surface area contributed by atoms with E-state index in [1.54, 1.807) is 0 Å². The van der Waals surface area contributed by atoms with Crippen LogP contribution in [-0.2, 0) is 6.54 Å². The zero-order chi connectivity index (χ0) is 23.4. The molecule has 0 amide bonds. The summed E-state index contributed by atoms with van der Waals surface area (Å²) in [5, 5.41) is 7.08. The normalized spacial score (nSPS) is 11.7.